The first kappa shape index (κ1) is 12.5. The number of rotatable bonds is 2. The van der Waals surface area contributed by atoms with Crippen LogP contribution in [0.2, 0.25) is 5.02 Å². The third kappa shape index (κ3) is 2.22. The van der Waals surface area contributed by atoms with E-state index in [9.17, 15) is 0 Å². The quantitative estimate of drug-likeness (QED) is 0.927. The lowest BCUT2D eigenvalue weighted by molar-refractivity contribution is 0.756. The van der Waals surface area contributed by atoms with E-state index in [0.717, 1.165) is 21.5 Å². The first-order valence-electron chi connectivity index (χ1n) is 5.14. The summed E-state index contributed by atoms with van der Waals surface area (Å²) in [6, 6.07) is 5.47. The highest BCUT2D eigenvalue weighted by molar-refractivity contribution is 9.10. The van der Waals surface area contributed by atoms with Gasteiger partial charge in [-0.3, -0.25) is 0 Å². The zero-order valence-electron chi connectivity index (χ0n) is 9.48. The number of nitrogens with two attached hydrogens (primary N) is 1. The molecule has 6 heteroatoms. The highest BCUT2D eigenvalue weighted by Gasteiger charge is 2.15. The van der Waals surface area contributed by atoms with Gasteiger partial charge in [-0.15, -0.1) is 5.10 Å². The van der Waals surface area contributed by atoms with E-state index in [1.807, 2.05) is 32.0 Å². The zero-order valence-corrected chi connectivity index (χ0v) is 11.8. The number of aromatic nitrogens is 3. The molecule has 4 nitrogen and oxygen atoms in total. The van der Waals surface area contributed by atoms with Gasteiger partial charge in [0.05, 0.1) is 20.9 Å². The maximum atomic E-state index is 6.05. The largest absolute Gasteiger partial charge is 0.323 e. The molecule has 0 saturated carbocycles. The maximum Gasteiger partial charge on any atom is 0.102 e. The second-order valence-electron chi connectivity index (χ2n) is 3.83. The van der Waals surface area contributed by atoms with Crippen LogP contribution in [0.4, 0.5) is 0 Å². The van der Waals surface area contributed by atoms with Crippen molar-refractivity contribution >= 4 is 27.5 Å². The Labute approximate surface area is 113 Å². The summed E-state index contributed by atoms with van der Waals surface area (Å²) in [6.07, 6.45) is 0. The second-order valence-corrected chi connectivity index (χ2v) is 5.03. The average Bonchev–Trinajstić information content (AvgIpc) is 2.64. The Hall–Kier alpha value is -0.910. The Bertz CT molecular complexity index is 550. The molecule has 1 unspecified atom stereocenters. The van der Waals surface area contributed by atoms with Crippen molar-refractivity contribution in [1.82, 2.24) is 15.0 Å². The van der Waals surface area contributed by atoms with Crippen LogP contribution in [-0.2, 0) is 0 Å². The number of benzene rings is 1. The standard InChI is InChI=1S/C11H12BrClN4/c1-6(14)11-7(2)17(16-15-11)9-5-3-4-8(13)10(9)12/h3-6H,14H2,1-2H3. The van der Waals surface area contributed by atoms with Crippen molar-refractivity contribution in [3.63, 3.8) is 0 Å². The highest BCUT2D eigenvalue weighted by atomic mass is 79.9. The van der Waals surface area contributed by atoms with Gasteiger partial charge in [0.25, 0.3) is 0 Å². The van der Waals surface area contributed by atoms with Crippen molar-refractivity contribution in [3.8, 4) is 5.69 Å². The van der Waals surface area contributed by atoms with Crippen LogP contribution in [0.15, 0.2) is 22.7 Å². The monoisotopic (exact) mass is 314 g/mol. The van der Waals surface area contributed by atoms with Crippen molar-refractivity contribution in [1.29, 1.82) is 0 Å². The minimum atomic E-state index is -0.137. The molecule has 0 fully saturated rings. The molecule has 0 spiro atoms. The van der Waals surface area contributed by atoms with Crippen LogP contribution in [0.25, 0.3) is 5.69 Å². The third-order valence-electron chi connectivity index (χ3n) is 2.52. The zero-order chi connectivity index (χ0) is 12.6. The predicted molar refractivity (Wildman–Crippen MR) is 71.4 cm³/mol. The Balaban J connectivity index is 2.58. The lowest BCUT2D eigenvalue weighted by atomic mass is 10.2. The molecule has 0 aliphatic carbocycles. The fourth-order valence-corrected chi connectivity index (χ4v) is 2.25. The molecule has 0 aliphatic heterocycles. The average molecular weight is 316 g/mol. The van der Waals surface area contributed by atoms with Gasteiger partial charge >= 0.3 is 0 Å². The van der Waals surface area contributed by atoms with Crippen LogP contribution >= 0.6 is 27.5 Å². The van der Waals surface area contributed by atoms with Gasteiger partial charge in [-0.05, 0) is 41.9 Å². The summed E-state index contributed by atoms with van der Waals surface area (Å²) in [4.78, 5) is 0. The molecule has 1 atom stereocenters. The van der Waals surface area contributed by atoms with Crippen molar-refractivity contribution in [2.24, 2.45) is 5.73 Å². The minimum Gasteiger partial charge on any atom is -0.323 e. The van der Waals surface area contributed by atoms with Gasteiger partial charge in [0, 0.05) is 6.04 Å². The fourth-order valence-electron chi connectivity index (χ4n) is 1.65. The molecule has 90 valence electrons. The Kier molecular flexibility index (Phi) is 3.51. The van der Waals surface area contributed by atoms with Gasteiger partial charge in [0.2, 0.25) is 0 Å². The van der Waals surface area contributed by atoms with Crippen LogP contribution in [0.5, 0.6) is 0 Å². The topological polar surface area (TPSA) is 56.7 Å². The molecule has 1 aromatic heterocycles. The van der Waals surface area contributed by atoms with E-state index in [1.165, 1.54) is 0 Å². The van der Waals surface area contributed by atoms with Crippen molar-refractivity contribution < 1.29 is 0 Å². The van der Waals surface area contributed by atoms with Gasteiger partial charge in [0.1, 0.15) is 5.69 Å². The number of halogens is 2. The van der Waals surface area contributed by atoms with E-state index in [1.54, 1.807) is 4.68 Å². The van der Waals surface area contributed by atoms with Crippen molar-refractivity contribution in [3.05, 3.63) is 39.1 Å². The maximum absolute atomic E-state index is 6.05. The van der Waals surface area contributed by atoms with Crippen LogP contribution in [0, 0.1) is 6.92 Å². The number of hydrogen-bond donors (Lipinski definition) is 1. The second kappa shape index (κ2) is 4.76. The molecule has 2 rings (SSSR count). The van der Waals surface area contributed by atoms with Gasteiger partial charge in [-0.25, -0.2) is 4.68 Å². The van der Waals surface area contributed by atoms with E-state index in [-0.39, 0.29) is 6.04 Å². The van der Waals surface area contributed by atoms with Crippen LogP contribution in [-0.4, -0.2) is 15.0 Å². The van der Waals surface area contributed by atoms with E-state index < -0.39 is 0 Å². The van der Waals surface area contributed by atoms with Crippen LogP contribution in [0.3, 0.4) is 0 Å². The van der Waals surface area contributed by atoms with E-state index in [0.29, 0.717) is 5.02 Å². The smallest absolute Gasteiger partial charge is 0.102 e. The number of nitrogens with zero attached hydrogens (tertiary/aromatic N) is 3. The first-order chi connectivity index (χ1) is 8.02. The summed E-state index contributed by atoms with van der Waals surface area (Å²) in [6.45, 7) is 3.82. The van der Waals surface area contributed by atoms with Gasteiger partial charge in [-0.2, -0.15) is 0 Å². The Morgan fingerprint density at radius 1 is 1.47 bits per heavy atom. The molecule has 17 heavy (non-hydrogen) atoms. The highest BCUT2D eigenvalue weighted by Crippen LogP contribution is 2.29. The van der Waals surface area contributed by atoms with Gasteiger partial charge in [-0.1, -0.05) is 22.9 Å². The first-order valence-corrected chi connectivity index (χ1v) is 6.31. The van der Waals surface area contributed by atoms with E-state index in [4.69, 9.17) is 17.3 Å². The summed E-state index contributed by atoms with van der Waals surface area (Å²) < 4.78 is 2.53. The molecule has 1 heterocycles. The lowest BCUT2D eigenvalue weighted by Crippen LogP contribution is -2.08. The summed E-state index contributed by atoms with van der Waals surface area (Å²) in [5.74, 6) is 0. The SMILES string of the molecule is Cc1c(C(C)N)nnn1-c1cccc(Cl)c1Br. The summed E-state index contributed by atoms with van der Waals surface area (Å²) in [7, 11) is 0. The summed E-state index contributed by atoms with van der Waals surface area (Å²) >= 11 is 9.50. The van der Waals surface area contributed by atoms with Crippen molar-refractivity contribution in [2.45, 2.75) is 19.9 Å². The van der Waals surface area contributed by atoms with Gasteiger partial charge in [0.15, 0.2) is 0 Å². The Morgan fingerprint density at radius 2 is 2.18 bits per heavy atom. The molecular formula is C11H12BrClN4. The lowest BCUT2D eigenvalue weighted by Gasteiger charge is -2.08. The normalized spacial score (nSPS) is 12.8. The third-order valence-corrected chi connectivity index (χ3v) is 3.90. The minimum absolute atomic E-state index is 0.137. The molecule has 0 bridgehead atoms. The number of hydrogen-bond acceptors (Lipinski definition) is 3. The molecule has 2 N–H and O–H groups in total. The fraction of sp³-hybridized carbons (Fsp3) is 0.273. The molecular weight excluding hydrogens is 304 g/mol. The van der Waals surface area contributed by atoms with E-state index in [2.05, 4.69) is 26.2 Å². The summed E-state index contributed by atoms with van der Waals surface area (Å²) in [5, 5.41) is 8.83. The molecule has 0 radical (unpaired) electrons. The molecule has 0 amide bonds. The molecule has 0 saturated heterocycles. The van der Waals surface area contributed by atoms with E-state index >= 15 is 0 Å². The predicted octanol–water partition coefficient (Wildman–Crippen LogP) is 3.01. The summed E-state index contributed by atoms with van der Waals surface area (Å²) in [5.41, 5.74) is 8.38. The van der Waals surface area contributed by atoms with Gasteiger partial charge < -0.3 is 5.73 Å². The van der Waals surface area contributed by atoms with Crippen LogP contribution in [0.1, 0.15) is 24.4 Å². The van der Waals surface area contributed by atoms with Crippen molar-refractivity contribution in [2.75, 3.05) is 0 Å². The van der Waals surface area contributed by atoms with Crippen LogP contribution < -0.4 is 5.73 Å². The molecule has 2 aromatic rings. The Morgan fingerprint density at radius 3 is 2.76 bits per heavy atom. The molecule has 1 aromatic carbocycles. The molecule has 0 aliphatic rings.